The first-order valence-electron chi connectivity index (χ1n) is 7.40. The van der Waals surface area contributed by atoms with Crippen LogP contribution in [-0.2, 0) is 0 Å². The van der Waals surface area contributed by atoms with Gasteiger partial charge in [-0.05, 0) is 51.7 Å². The molecule has 1 fully saturated rings. The van der Waals surface area contributed by atoms with Crippen LogP contribution in [0.1, 0.15) is 44.2 Å². The van der Waals surface area contributed by atoms with Crippen LogP contribution in [0.5, 0.6) is 0 Å². The Labute approximate surface area is 121 Å². The van der Waals surface area contributed by atoms with E-state index in [2.05, 4.69) is 38.2 Å². The van der Waals surface area contributed by atoms with Crippen molar-refractivity contribution in [2.24, 2.45) is 0 Å². The van der Waals surface area contributed by atoms with Crippen LogP contribution in [0.3, 0.4) is 0 Å². The van der Waals surface area contributed by atoms with Crippen LogP contribution in [0.25, 0.3) is 6.08 Å². The van der Waals surface area contributed by atoms with Crippen LogP contribution >= 0.6 is 0 Å². The van der Waals surface area contributed by atoms with Gasteiger partial charge in [-0.3, -0.25) is 0 Å². The molecule has 1 saturated heterocycles. The van der Waals surface area contributed by atoms with Gasteiger partial charge in [-0.2, -0.15) is 0 Å². The van der Waals surface area contributed by atoms with Crippen LogP contribution in [0.4, 0.5) is 4.79 Å². The van der Waals surface area contributed by atoms with Crippen molar-refractivity contribution in [3.05, 3.63) is 41.6 Å². The average molecular weight is 272 g/mol. The number of hydrogen-bond acceptors (Lipinski definition) is 1. The first-order chi connectivity index (χ1) is 9.58. The van der Waals surface area contributed by atoms with Gasteiger partial charge in [0.25, 0.3) is 0 Å². The maximum atomic E-state index is 12.2. The molecule has 108 valence electrons. The van der Waals surface area contributed by atoms with Crippen LogP contribution in [0, 0.1) is 6.92 Å². The van der Waals surface area contributed by atoms with Crippen LogP contribution < -0.4 is 5.32 Å². The van der Waals surface area contributed by atoms with E-state index in [4.69, 9.17) is 0 Å². The monoisotopic (exact) mass is 272 g/mol. The number of amides is 2. The van der Waals surface area contributed by atoms with E-state index in [-0.39, 0.29) is 6.03 Å². The van der Waals surface area contributed by atoms with Gasteiger partial charge in [-0.1, -0.05) is 29.8 Å². The lowest BCUT2D eigenvalue weighted by atomic mass is 9.98. The molecule has 1 aromatic rings. The number of likely N-dealkylation sites (tertiary alicyclic amines) is 1. The summed E-state index contributed by atoms with van der Waals surface area (Å²) in [4.78, 5) is 14.2. The summed E-state index contributed by atoms with van der Waals surface area (Å²) in [6.45, 7) is 6.31. The largest absolute Gasteiger partial charge is 0.321 e. The van der Waals surface area contributed by atoms with Crippen molar-refractivity contribution in [3.8, 4) is 0 Å². The van der Waals surface area contributed by atoms with Crippen molar-refractivity contribution in [2.75, 3.05) is 0 Å². The van der Waals surface area contributed by atoms with E-state index >= 15 is 0 Å². The van der Waals surface area contributed by atoms with Gasteiger partial charge >= 0.3 is 6.03 Å². The highest BCUT2D eigenvalue weighted by molar-refractivity contribution is 5.77. The third-order valence-corrected chi connectivity index (χ3v) is 3.99. The van der Waals surface area contributed by atoms with E-state index in [9.17, 15) is 4.79 Å². The molecule has 2 amide bonds. The second-order valence-electron chi connectivity index (χ2n) is 5.73. The van der Waals surface area contributed by atoms with E-state index in [0.717, 1.165) is 18.4 Å². The Morgan fingerprint density at radius 1 is 1.20 bits per heavy atom. The number of urea groups is 1. The van der Waals surface area contributed by atoms with Gasteiger partial charge in [0.1, 0.15) is 0 Å². The van der Waals surface area contributed by atoms with Crippen molar-refractivity contribution in [1.82, 2.24) is 10.2 Å². The number of aryl methyl sites for hydroxylation is 1. The van der Waals surface area contributed by atoms with Gasteiger partial charge in [0, 0.05) is 18.3 Å². The van der Waals surface area contributed by atoms with Crippen molar-refractivity contribution in [2.45, 2.75) is 52.1 Å². The highest BCUT2D eigenvalue weighted by Crippen LogP contribution is 2.22. The first kappa shape index (κ1) is 14.6. The third-order valence-electron chi connectivity index (χ3n) is 3.99. The van der Waals surface area contributed by atoms with Gasteiger partial charge in [-0.25, -0.2) is 4.79 Å². The van der Waals surface area contributed by atoms with E-state index in [1.807, 2.05) is 23.1 Å². The van der Waals surface area contributed by atoms with E-state index in [0.29, 0.717) is 12.1 Å². The zero-order valence-electron chi connectivity index (χ0n) is 12.6. The molecule has 0 bridgehead atoms. The number of nitrogens with zero attached hydrogens (tertiary/aromatic N) is 1. The lowest BCUT2D eigenvalue weighted by Gasteiger charge is -2.38. The minimum absolute atomic E-state index is 0.00746. The number of piperidine rings is 1. The van der Waals surface area contributed by atoms with Gasteiger partial charge in [-0.15, -0.1) is 0 Å². The Bertz CT molecular complexity index is 468. The summed E-state index contributed by atoms with van der Waals surface area (Å²) in [5, 5.41) is 2.88. The van der Waals surface area contributed by atoms with Gasteiger partial charge in [0.2, 0.25) is 0 Å². The van der Waals surface area contributed by atoms with Crippen LogP contribution in [0.2, 0.25) is 0 Å². The molecule has 2 unspecified atom stereocenters. The van der Waals surface area contributed by atoms with Gasteiger partial charge in [0.15, 0.2) is 0 Å². The molecule has 0 radical (unpaired) electrons. The number of carbonyl (C=O) groups is 1. The van der Waals surface area contributed by atoms with Gasteiger partial charge in [0.05, 0.1) is 0 Å². The topological polar surface area (TPSA) is 32.3 Å². The standard InChI is InChI=1S/C17H24N2O/c1-13-7-9-16(10-8-13)11-12-18-17(20)19-14(2)5-4-6-15(19)3/h7-12,14-15H,4-6H2,1-3H3,(H,18,20)/b12-11+. The predicted octanol–water partition coefficient (Wildman–Crippen LogP) is 3.94. The second-order valence-corrected chi connectivity index (χ2v) is 5.73. The Morgan fingerprint density at radius 3 is 2.40 bits per heavy atom. The molecule has 1 aliphatic heterocycles. The molecule has 20 heavy (non-hydrogen) atoms. The smallest absolute Gasteiger partial charge is 0.319 e. The van der Waals surface area contributed by atoms with Crippen LogP contribution in [0.15, 0.2) is 30.5 Å². The van der Waals surface area contributed by atoms with E-state index in [1.165, 1.54) is 12.0 Å². The minimum atomic E-state index is 0.00746. The lowest BCUT2D eigenvalue weighted by molar-refractivity contribution is 0.126. The molecule has 0 saturated carbocycles. The van der Waals surface area contributed by atoms with Crippen molar-refractivity contribution in [3.63, 3.8) is 0 Å². The summed E-state index contributed by atoms with van der Waals surface area (Å²) in [5.41, 5.74) is 2.33. The van der Waals surface area contributed by atoms with Crippen molar-refractivity contribution in [1.29, 1.82) is 0 Å². The number of hydrogen-bond donors (Lipinski definition) is 1. The maximum absolute atomic E-state index is 12.2. The predicted molar refractivity (Wildman–Crippen MR) is 83.4 cm³/mol. The minimum Gasteiger partial charge on any atom is -0.319 e. The molecule has 2 atom stereocenters. The molecule has 2 rings (SSSR count). The number of carbonyl (C=O) groups excluding carboxylic acids is 1. The Hall–Kier alpha value is -1.77. The molecule has 0 spiro atoms. The summed E-state index contributed by atoms with van der Waals surface area (Å²) in [5.74, 6) is 0. The Balaban J connectivity index is 1.92. The molecule has 1 heterocycles. The summed E-state index contributed by atoms with van der Waals surface area (Å²) in [6, 6.07) is 8.88. The van der Waals surface area contributed by atoms with Crippen LogP contribution in [-0.4, -0.2) is 23.0 Å². The number of rotatable bonds is 2. The zero-order valence-corrected chi connectivity index (χ0v) is 12.6. The highest BCUT2D eigenvalue weighted by Gasteiger charge is 2.28. The number of benzene rings is 1. The summed E-state index contributed by atoms with van der Waals surface area (Å²) in [6.07, 6.45) is 7.07. The Morgan fingerprint density at radius 2 is 1.80 bits per heavy atom. The molecular weight excluding hydrogens is 248 g/mol. The van der Waals surface area contributed by atoms with E-state index in [1.54, 1.807) is 6.20 Å². The highest BCUT2D eigenvalue weighted by atomic mass is 16.2. The molecule has 1 aromatic carbocycles. The fourth-order valence-corrected chi connectivity index (χ4v) is 2.78. The Kier molecular flexibility index (Phi) is 4.83. The summed E-state index contributed by atoms with van der Waals surface area (Å²) < 4.78 is 0. The van der Waals surface area contributed by atoms with Crippen molar-refractivity contribution >= 4 is 12.1 Å². The van der Waals surface area contributed by atoms with Crippen molar-refractivity contribution < 1.29 is 4.79 Å². The third kappa shape index (κ3) is 3.62. The number of nitrogens with one attached hydrogen (secondary N) is 1. The normalized spacial score (nSPS) is 23.1. The maximum Gasteiger partial charge on any atom is 0.321 e. The summed E-state index contributed by atoms with van der Waals surface area (Å²) in [7, 11) is 0. The molecule has 1 N–H and O–H groups in total. The fraction of sp³-hybridized carbons (Fsp3) is 0.471. The van der Waals surface area contributed by atoms with E-state index < -0.39 is 0 Å². The second kappa shape index (κ2) is 6.60. The molecular formula is C17H24N2O. The molecule has 3 heteroatoms. The molecule has 3 nitrogen and oxygen atoms in total. The lowest BCUT2D eigenvalue weighted by Crippen LogP contribution is -2.50. The zero-order chi connectivity index (χ0) is 14.5. The first-order valence-corrected chi connectivity index (χ1v) is 7.40. The molecule has 1 aliphatic rings. The fourth-order valence-electron chi connectivity index (χ4n) is 2.78. The SMILES string of the molecule is Cc1ccc(/C=C/NC(=O)N2C(C)CCCC2C)cc1. The molecule has 0 aromatic heterocycles. The van der Waals surface area contributed by atoms with Gasteiger partial charge < -0.3 is 10.2 Å². The quantitative estimate of drug-likeness (QED) is 0.869. The average Bonchev–Trinajstić information content (AvgIpc) is 2.41. The molecule has 0 aliphatic carbocycles. The summed E-state index contributed by atoms with van der Waals surface area (Å²) >= 11 is 0.